The lowest BCUT2D eigenvalue weighted by Gasteiger charge is -2.50. The molecule has 6 rings (SSSR count). The van der Waals surface area contributed by atoms with Gasteiger partial charge >= 0.3 is 12.1 Å². The van der Waals surface area contributed by atoms with Crippen LogP contribution in [-0.4, -0.2) is 77.0 Å². The predicted octanol–water partition coefficient (Wildman–Crippen LogP) is 5.82. The van der Waals surface area contributed by atoms with E-state index in [1.807, 2.05) is 11.6 Å². The average molecular weight is 764 g/mol. The van der Waals surface area contributed by atoms with Gasteiger partial charge in [-0.3, -0.25) is 18.8 Å². The number of nitrogens with zero attached hydrogens (tertiary/aromatic N) is 4. The molecule has 1 aliphatic heterocycles. The first-order valence-corrected chi connectivity index (χ1v) is 18.3. The van der Waals surface area contributed by atoms with Gasteiger partial charge in [0.2, 0.25) is 5.91 Å². The maximum Gasteiger partial charge on any atom is 0.416 e. The Hall–Kier alpha value is -4.61. The molecule has 1 aromatic heterocycles. The number of piperidine rings is 1. The van der Waals surface area contributed by atoms with E-state index >= 15 is 0 Å². The zero-order chi connectivity index (χ0) is 38.6. The van der Waals surface area contributed by atoms with E-state index in [1.165, 1.54) is 48.3 Å². The first kappa shape index (κ1) is 38.1. The summed E-state index contributed by atoms with van der Waals surface area (Å²) in [6, 6.07) is 11.9. The number of halogens is 5. The van der Waals surface area contributed by atoms with E-state index in [0.29, 0.717) is 29.4 Å². The zero-order valence-electron chi connectivity index (χ0n) is 28.9. The molecular formula is C36H38F5N5O6S. The number of hydrogen-bond acceptors (Lipinski definition) is 7. The fraction of sp³-hybridized carbons (Fsp3) is 0.417. The van der Waals surface area contributed by atoms with Gasteiger partial charge in [0.15, 0.2) is 0 Å². The number of aliphatic hydroxyl groups is 1. The first-order chi connectivity index (χ1) is 24.8. The minimum Gasteiger partial charge on any atom is -0.481 e. The summed E-state index contributed by atoms with van der Waals surface area (Å²) in [5, 5.41) is 24.8. The van der Waals surface area contributed by atoms with Crippen molar-refractivity contribution < 1.29 is 50.2 Å². The molecule has 17 heteroatoms. The molecule has 5 atom stereocenters. The topological polar surface area (TPSA) is 145 Å². The number of anilines is 2. The maximum atomic E-state index is 14.8. The number of rotatable bonds is 8. The van der Waals surface area contributed by atoms with Crippen LogP contribution < -0.4 is 9.62 Å². The molecule has 4 aromatic rings. The van der Waals surface area contributed by atoms with Crippen molar-refractivity contribution in [3.05, 3.63) is 83.4 Å². The second-order valence-corrected chi connectivity index (χ2v) is 15.7. The molecule has 284 valence electrons. The number of aliphatic carboxylic acids is 1. The van der Waals surface area contributed by atoms with Crippen LogP contribution in [0, 0.1) is 24.6 Å². The monoisotopic (exact) mass is 763 g/mol. The highest BCUT2D eigenvalue weighted by Gasteiger charge is 2.54. The Morgan fingerprint density at radius 3 is 2.38 bits per heavy atom. The van der Waals surface area contributed by atoms with E-state index in [-0.39, 0.29) is 42.6 Å². The van der Waals surface area contributed by atoms with Crippen molar-refractivity contribution >= 4 is 44.3 Å². The third-order valence-corrected chi connectivity index (χ3v) is 12.3. The molecule has 0 bridgehead atoms. The van der Waals surface area contributed by atoms with E-state index in [1.54, 1.807) is 13.0 Å². The van der Waals surface area contributed by atoms with Crippen LogP contribution >= 0.6 is 0 Å². The Morgan fingerprint density at radius 2 is 1.75 bits per heavy atom. The molecule has 2 heterocycles. The van der Waals surface area contributed by atoms with Crippen LogP contribution in [0.1, 0.15) is 48.6 Å². The maximum absolute atomic E-state index is 14.8. The quantitative estimate of drug-likeness (QED) is 0.191. The summed E-state index contributed by atoms with van der Waals surface area (Å²) in [6.45, 7) is 1.85. The van der Waals surface area contributed by atoms with Gasteiger partial charge in [-0.05, 0) is 80.3 Å². The molecule has 3 aromatic carbocycles. The largest absolute Gasteiger partial charge is 0.481 e. The van der Waals surface area contributed by atoms with Gasteiger partial charge in [-0.25, -0.2) is 22.2 Å². The molecule has 0 spiro atoms. The van der Waals surface area contributed by atoms with Crippen molar-refractivity contribution in [1.29, 1.82) is 0 Å². The number of amides is 1. The predicted molar refractivity (Wildman–Crippen MR) is 185 cm³/mol. The number of carboxylic acids is 1. The number of imidazole rings is 1. The van der Waals surface area contributed by atoms with Crippen molar-refractivity contribution in [2.75, 3.05) is 29.8 Å². The van der Waals surface area contributed by atoms with Gasteiger partial charge < -0.3 is 20.1 Å². The normalized spacial score (nSPS) is 24.2. The summed E-state index contributed by atoms with van der Waals surface area (Å²) in [5.74, 6) is -7.37. The van der Waals surface area contributed by atoms with Crippen molar-refractivity contribution in [2.24, 2.45) is 18.9 Å². The summed E-state index contributed by atoms with van der Waals surface area (Å²) in [6.07, 6.45) is -6.25. The summed E-state index contributed by atoms with van der Waals surface area (Å²) >= 11 is 0. The van der Waals surface area contributed by atoms with Gasteiger partial charge in [0.05, 0.1) is 44.7 Å². The molecule has 2 fully saturated rings. The van der Waals surface area contributed by atoms with Crippen LogP contribution in [-0.2, 0) is 32.8 Å². The molecule has 1 aliphatic carbocycles. The summed E-state index contributed by atoms with van der Waals surface area (Å²) in [5.41, 5.74) is -2.03. The van der Waals surface area contributed by atoms with Crippen LogP contribution in [0.2, 0.25) is 0 Å². The number of nitrogens with one attached hydrogen (secondary N) is 1. The lowest BCUT2D eigenvalue weighted by molar-refractivity contribution is -0.182. The third kappa shape index (κ3) is 7.33. The van der Waals surface area contributed by atoms with Gasteiger partial charge in [-0.1, -0.05) is 12.1 Å². The van der Waals surface area contributed by atoms with Gasteiger partial charge in [-0.15, -0.1) is 0 Å². The Bertz CT molecular complexity index is 2160. The summed E-state index contributed by atoms with van der Waals surface area (Å²) in [4.78, 5) is 32.5. The number of hydrogen-bond donors (Lipinski definition) is 3. The number of alkyl halides is 4. The van der Waals surface area contributed by atoms with E-state index < -0.39 is 81.2 Å². The molecule has 2 aliphatic rings. The van der Waals surface area contributed by atoms with Crippen LogP contribution in [0.25, 0.3) is 11.0 Å². The second kappa shape index (κ2) is 14.0. The Kier molecular flexibility index (Phi) is 10.1. The number of carboxylic acid groups (broad SMARTS) is 1. The van der Waals surface area contributed by atoms with E-state index in [9.17, 15) is 50.2 Å². The number of likely N-dealkylation sites (tertiary alicyclic amines) is 1. The smallest absolute Gasteiger partial charge is 0.416 e. The van der Waals surface area contributed by atoms with Crippen molar-refractivity contribution in [2.45, 2.75) is 61.5 Å². The van der Waals surface area contributed by atoms with Crippen LogP contribution in [0.5, 0.6) is 0 Å². The number of benzene rings is 3. The molecular weight excluding hydrogens is 725 g/mol. The fourth-order valence-corrected chi connectivity index (χ4v) is 8.73. The molecule has 1 saturated carbocycles. The van der Waals surface area contributed by atoms with E-state index in [0.717, 1.165) is 15.9 Å². The Morgan fingerprint density at radius 1 is 1.06 bits per heavy atom. The average Bonchev–Trinajstić information content (AvgIpc) is 3.39. The zero-order valence-corrected chi connectivity index (χ0v) is 29.8. The molecule has 1 saturated heterocycles. The number of carbonyl (C=O) groups excluding carboxylic acids is 1. The van der Waals surface area contributed by atoms with Gasteiger partial charge in [0.25, 0.3) is 10.0 Å². The van der Waals surface area contributed by atoms with Gasteiger partial charge in [0, 0.05) is 39.5 Å². The number of fused-ring (bicyclic) bond motifs is 1. The summed E-state index contributed by atoms with van der Waals surface area (Å²) in [7, 11) is -0.928. The number of aryl methyl sites for hydroxylation is 2. The number of carbonyl (C=O) groups is 2. The summed E-state index contributed by atoms with van der Waals surface area (Å²) < 4.78 is 99.0. The number of aromatic nitrogens is 2. The highest BCUT2D eigenvalue weighted by molar-refractivity contribution is 7.92. The standard InChI is InChI=1S/C36H38F5N5O6S/c1-20-42-30-16-25(11-13-31(30)44(20)2)53(51,52)45(3)24-9-6-21(7-10-24)26-17-35(50,46-14-4-5-23(37)19-46)18-27(32(26)34(48)49)33(47)43-29-12-8-22(15-28(29)38)36(39,40)41/h6-13,15-16,23,26-27,32,50H,4-5,14,17-19H2,1-3H3,(H,43,47)(H,48,49)/t23-,26?,27+,32+,35+/m1/s1. The minimum absolute atomic E-state index is 0.0102. The Labute approximate surface area is 302 Å². The second-order valence-electron chi connectivity index (χ2n) is 13.8. The molecule has 1 unspecified atom stereocenters. The highest BCUT2D eigenvalue weighted by atomic mass is 32.2. The molecule has 53 heavy (non-hydrogen) atoms. The molecule has 0 radical (unpaired) electrons. The van der Waals surface area contributed by atoms with Gasteiger partial charge in [0.1, 0.15) is 23.5 Å². The van der Waals surface area contributed by atoms with Crippen molar-refractivity contribution in [1.82, 2.24) is 14.5 Å². The SMILES string of the molecule is Cc1nc2cc(S(=O)(=O)N(C)c3ccc(C4C[C@@](O)(N5CCC[C@@H](F)C5)C[C@H](C(=O)Nc5ccc(C(F)(F)F)cc5F)[C@H]4C(=O)O)cc3)ccc2n1C. The van der Waals surface area contributed by atoms with Crippen molar-refractivity contribution in [3.8, 4) is 0 Å². The minimum atomic E-state index is -4.85. The van der Waals surface area contributed by atoms with E-state index in [4.69, 9.17) is 0 Å². The van der Waals surface area contributed by atoms with Crippen LogP contribution in [0.4, 0.5) is 33.3 Å². The third-order valence-electron chi connectivity index (χ3n) is 10.5. The fourth-order valence-electron chi connectivity index (χ4n) is 7.52. The van der Waals surface area contributed by atoms with Crippen molar-refractivity contribution in [3.63, 3.8) is 0 Å². The lowest BCUT2D eigenvalue weighted by Crippen LogP contribution is -2.60. The Balaban J connectivity index is 1.33. The van der Waals surface area contributed by atoms with E-state index in [2.05, 4.69) is 10.3 Å². The highest BCUT2D eigenvalue weighted by Crippen LogP contribution is 2.49. The number of sulfonamides is 1. The van der Waals surface area contributed by atoms with Crippen LogP contribution in [0.15, 0.2) is 65.6 Å². The molecule has 1 amide bonds. The lowest BCUT2D eigenvalue weighted by atomic mass is 9.65. The first-order valence-electron chi connectivity index (χ1n) is 16.8. The van der Waals surface area contributed by atoms with Gasteiger partial charge in [-0.2, -0.15) is 13.2 Å². The molecule has 3 N–H and O–H groups in total. The molecule has 11 nitrogen and oxygen atoms in total. The van der Waals surface area contributed by atoms with Crippen LogP contribution in [0.3, 0.4) is 0 Å².